The second-order valence-electron chi connectivity index (χ2n) is 5.07. The Balaban J connectivity index is 1.60. The number of nitrogens with zero attached hydrogens (tertiary/aromatic N) is 4. The van der Waals surface area contributed by atoms with Crippen molar-refractivity contribution < 1.29 is 9.53 Å². The van der Waals surface area contributed by atoms with E-state index in [9.17, 15) is 4.79 Å². The van der Waals surface area contributed by atoms with E-state index in [0.29, 0.717) is 30.5 Å². The Hall–Kier alpha value is -3.42. The van der Waals surface area contributed by atoms with E-state index in [1.54, 1.807) is 35.4 Å². The molecule has 8 heteroatoms. The van der Waals surface area contributed by atoms with Crippen LogP contribution in [0, 0.1) is 0 Å². The molecule has 0 aromatic carbocycles. The van der Waals surface area contributed by atoms with Crippen LogP contribution in [-0.4, -0.2) is 32.4 Å². The molecule has 0 fully saturated rings. The summed E-state index contributed by atoms with van der Waals surface area (Å²) in [6.07, 6.45) is 6.79. The van der Waals surface area contributed by atoms with Crippen LogP contribution >= 0.6 is 0 Å². The standard InChI is InChI=1S/C17H18N6O2/c1-2-25-16-14(5-3-7-19-16)22-17(24)20-12-13-6-9-18-15(11-13)23-10-4-8-21-23/h3-11H,2,12H2,1H3,(H2,20,22,24). The Kier molecular flexibility index (Phi) is 5.20. The summed E-state index contributed by atoms with van der Waals surface area (Å²) in [5.74, 6) is 1.08. The first-order valence-electron chi connectivity index (χ1n) is 7.84. The van der Waals surface area contributed by atoms with Crippen LogP contribution in [0.25, 0.3) is 5.82 Å². The zero-order chi connectivity index (χ0) is 17.5. The van der Waals surface area contributed by atoms with Crippen molar-refractivity contribution >= 4 is 11.7 Å². The number of hydrogen-bond donors (Lipinski definition) is 2. The van der Waals surface area contributed by atoms with Gasteiger partial charge in [0.15, 0.2) is 5.82 Å². The average molecular weight is 338 g/mol. The van der Waals surface area contributed by atoms with E-state index >= 15 is 0 Å². The van der Waals surface area contributed by atoms with Gasteiger partial charge in [0.1, 0.15) is 5.69 Å². The first kappa shape index (κ1) is 16.4. The molecule has 25 heavy (non-hydrogen) atoms. The van der Waals surface area contributed by atoms with E-state index in [0.717, 1.165) is 5.56 Å². The molecule has 0 saturated carbocycles. The summed E-state index contributed by atoms with van der Waals surface area (Å²) in [6, 6.07) is 8.65. The number of anilines is 1. The predicted molar refractivity (Wildman–Crippen MR) is 92.6 cm³/mol. The lowest BCUT2D eigenvalue weighted by Crippen LogP contribution is -2.28. The summed E-state index contributed by atoms with van der Waals surface area (Å²) in [4.78, 5) is 20.5. The Morgan fingerprint density at radius 2 is 2.12 bits per heavy atom. The first-order valence-corrected chi connectivity index (χ1v) is 7.84. The van der Waals surface area contributed by atoms with E-state index in [4.69, 9.17) is 4.74 Å². The molecule has 3 heterocycles. The van der Waals surface area contributed by atoms with Gasteiger partial charge in [-0.1, -0.05) is 0 Å². The third-order valence-electron chi connectivity index (χ3n) is 3.30. The van der Waals surface area contributed by atoms with Crippen molar-refractivity contribution in [1.82, 2.24) is 25.1 Å². The van der Waals surface area contributed by atoms with E-state index in [2.05, 4.69) is 25.7 Å². The Morgan fingerprint density at radius 1 is 1.20 bits per heavy atom. The number of pyridine rings is 2. The van der Waals surface area contributed by atoms with Gasteiger partial charge in [0.25, 0.3) is 0 Å². The number of rotatable bonds is 6. The molecule has 0 atom stereocenters. The molecule has 0 aliphatic rings. The fourth-order valence-electron chi connectivity index (χ4n) is 2.19. The van der Waals surface area contributed by atoms with E-state index in [1.807, 2.05) is 31.3 Å². The average Bonchev–Trinajstić information content (AvgIpc) is 3.17. The van der Waals surface area contributed by atoms with Crippen LogP contribution in [0.15, 0.2) is 55.1 Å². The molecule has 8 nitrogen and oxygen atoms in total. The third kappa shape index (κ3) is 4.31. The van der Waals surface area contributed by atoms with Crippen molar-refractivity contribution in [3.8, 4) is 11.7 Å². The zero-order valence-electron chi connectivity index (χ0n) is 13.7. The van der Waals surface area contributed by atoms with Crippen molar-refractivity contribution in [2.45, 2.75) is 13.5 Å². The maximum Gasteiger partial charge on any atom is 0.319 e. The fourth-order valence-corrected chi connectivity index (χ4v) is 2.19. The lowest BCUT2D eigenvalue weighted by atomic mass is 10.2. The number of amides is 2. The van der Waals surface area contributed by atoms with E-state index < -0.39 is 0 Å². The van der Waals surface area contributed by atoms with Gasteiger partial charge in [-0.15, -0.1) is 0 Å². The molecule has 3 rings (SSSR count). The third-order valence-corrected chi connectivity index (χ3v) is 3.30. The second-order valence-corrected chi connectivity index (χ2v) is 5.07. The molecule has 0 saturated heterocycles. The maximum absolute atomic E-state index is 12.1. The molecule has 0 radical (unpaired) electrons. The first-order chi connectivity index (χ1) is 12.3. The second kappa shape index (κ2) is 7.91. The normalized spacial score (nSPS) is 10.3. The largest absolute Gasteiger partial charge is 0.476 e. The summed E-state index contributed by atoms with van der Waals surface area (Å²) < 4.78 is 7.05. The Morgan fingerprint density at radius 3 is 2.92 bits per heavy atom. The molecule has 3 aromatic rings. The van der Waals surface area contributed by atoms with E-state index in [-0.39, 0.29) is 6.03 Å². The highest BCUT2D eigenvalue weighted by Crippen LogP contribution is 2.20. The molecule has 0 bridgehead atoms. The highest BCUT2D eigenvalue weighted by molar-refractivity contribution is 5.90. The van der Waals surface area contributed by atoms with Gasteiger partial charge >= 0.3 is 6.03 Å². The molecule has 128 valence electrons. The summed E-state index contributed by atoms with van der Waals surface area (Å²) >= 11 is 0. The maximum atomic E-state index is 12.1. The minimum absolute atomic E-state index is 0.341. The summed E-state index contributed by atoms with van der Waals surface area (Å²) in [7, 11) is 0. The molecule has 0 aliphatic carbocycles. The van der Waals surface area contributed by atoms with Crippen molar-refractivity contribution in [2.75, 3.05) is 11.9 Å². The molecule has 0 spiro atoms. The van der Waals surface area contributed by atoms with Gasteiger partial charge in [-0.3, -0.25) is 0 Å². The lowest BCUT2D eigenvalue weighted by Gasteiger charge is -2.11. The molecular weight excluding hydrogens is 320 g/mol. The van der Waals surface area contributed by atoms with Crippen molar-refractivity contribution in [2.24, 2.45) is 0 Å². The number of hydrogen-bond acceptors (Lipinski definition) is 5. The van der Waals surface area contributed by atoms with Crippen molar-refractivity contribution in [3.05, 3.63) is 60.7 Å². The minimum atomic E-state index is -0.341. The van der Waals surface area contributed by atoms with E-state index in [1.165, 1.54) is 0 Å². The number of aromatic nitrogens is 4. The van der Waals surface area contributed by atoms with Gasteiger partial charge in [-0.2, -0.15) is 5.10 Å². The molecule has 2 N–H and O–H groups in total. The lowest BCUT2D eigenvalue weighted by molar-refractivity contribution is 0.251. The topological polar surface area (TPSA) is 94.0 Å². The highest BCUT2D eigenvalue weighted by atomic mass is 16.5. The summed E-state index contributed by atoms with van der Waals surface area (Å²) in [6.45, 7) is 2.69. The Bertz CT molecular complexity index is 835. The molecule has 0 unspecified atom stereocenters. The van der Waals surface area contributed by atoms with Crippen LogP contribution < -0.4 is 15.4 Å². The number of carbonyl (C=O) groups excluding carboxylic acids is 1. The smallest absolute Gasteiger partial charge is 0.319 e. The van der Waals surface area contributed by atoms with Gasteiger partial charge in [0.05, 0.1) is 6.61 Å². The van der Waals surface area contributed by atoms with Gasteiger partial charge in [-0.05, 0) is 42.8 Å². The van der Waals surface area contributed by atoms with Crippen LogP contribution in [0.2, 0.25) is 0 Å². The molecule has 3 aromatic heterocycles. The van der Waals surface area contributed by atoms with Crippen LogP contribution in [0.1, 0.15) is 12.5 Å². The summed E-state index contributed by atoms with van der Waals surface area (Å²) in [5.41, 5.74) is 1.43. The minimum Gasteiger partial charge on any atom is -0.476 e. The van der Waals surface area contributed by atoms with Crippen LogP contribution in [0.4, 0.5) is 10.5 Å². The number of carbonyl (C=O) groups is 1. The zero-order valence-corrected chi connectivity index (χ0v) is 13.7. The monoisotopic (exact) mass is 338 g/mol. The number of ether oxygens (including phenoxy) is 1. The number of nitrogens with one attached hydrogen (secondary N) is 2. The predicted octanol–water partition coefficient (Wildman–Crippen LogP) is 2.38. The molecular formula is C17H18N6O2. The van der Waals surface area contributed by atoms with Crippen LogP contribution in [0.5, 0.6) is 5.88 Å². The van der Waals surface area contributed by atoms with Crippen molar-refractivity contribution in [1.29, 1.82) is 0 Å². The SMILES string of the molecule is CCOc1ncccc1NC(=O)NCc1ccnc(-n2cccn2)c1. The van der Waals surface area contributed by atoms with Crippen LogP contribution in [-0.2, 0) is 6.54 Å². The number of urea groups is 1. The van der Waals surface area contributed by atoms with Crippen LogP contribution in [0.3, 0.4) is 0 Å². The van der Waals surface area contributed by atoms with Gasteiger partial charge in [-0.25, -0.2) is 19.4 Å². The van der Waals surface area contributed by atoms with Crippen molar-refractivity contribution in [3.63, 3.8) is 0 Å². The summed E-state index contributed by atoms with van der Waals surface area (Å²) in [5, 5.41) is 9.67. The van der Waals surface area contributed by atoms with Gasteiger partial charge in [0.2, 0.25) is 5.88 Å². The quantitative estimate of drug-likeness (QED) is 0.720. The molecule has 2 amide bonds. The van der Waals surface area contributed by atoms with Gasteiger partial charge in [0, 0.05) is 31.3 Å². The Labute approximate surface area is 144 Å². The molecule has 0 aliphatic heterocycles. The highest BCUT2D eigenvalue weighted by Gasteiger charge is 2.08. The van der Waals surface area contributed by atoms with Gasteiger partial charge < -0.3 is 15.4 Å². The fraction of sp³-hybridized carbons (Fsp3) is 0.176.